The number of piperazine rings is 2. The van der Waals surface area contributed by atoms with Crippen molar-refractivity contribution in [1.82, 2.24) is 40.3 Å². The molecular formula is C35H66N10O2. The lowest BCUT2D eigenvalue weighted by molar-refractivity contribution is -0.144. The summed E-state index contributed by atoms with van der Waals surface area (Å²) in [5, 5.41) is 10.4. The molecule has 0 spiro atoms. The van der Waals surface area contributed by atoms with Gasteiger partial charge in [-0.05, 0) is 110 Å². The molecule has 2 fully saturated rings. The molecule has 0 aliphatic carbocycles. The topological polar surface area (TPSA) is 122 Å². The molecule has 2 aliphatic rings. The second-order valence-corrected chi connectivity index (χ2v) is 17.3. The first kappa shape index (κ1) is 38.9. The number of nitrogens with one attached hydrogen (secondary N) is 3. The van der Waals surface area contributed by atoms with E-state index in [0.29, 0.717) is 37.4 Å². The zero-order chi connectivity index (χ0) is 35.4. The van der Waals surface area contributed by atoms with E-state index in [9.17, 15) is 9.59 Å². The van der Waals surface area contributed by atoms with Crippen LogP contribution in [0.15, 0.2) is 0 Å². The molecule has 2 amide bonds. The van der Waals surface area contributed by atoms with Crippen LogP contribution in [0.5, 0.6) is 0 Å². The monoisotopic (exact) mass is 659 g/mol. The molecule has 47 heavy (non-hydrogen) atoms. The van der Waals surface area contributed by atoms with E-state index < -0.39 is 11.1 Å². The number of aromatic nitrogens is 3. The van der Waals surface area contributed by atoms with Gasteiger partial charge >= 0.3 is 0 Å². The van der Waals surface area contributed by atoms with E-state index in [1.165, 1.54) is 0 Å². The van der Waals surface area contributed by atoms with Crippen LogP contribution in [0.1, 0.15) is 108 Å². The molecule has 0 aromatic carbocycles. The fourth-order valence-electron chi connectivity index (χ4n) is 7.12. The Kier molecular flexibility index (Phi) is 12.3. The number of carbonyl (C=O) groups is 2. The summed E-state index contributed by atoms with van der Waals surface area (Å²) in [4.78, 5) is 48.9. The highest BCUT2D eigenvalue weighted by Crippen LogP contribution is 2.24. The van der Waals surface area contributed by atoms with Gasteiger partial charge in [0, 0.05) is 62.4 Å². The van der Waals surface area contributed by atoms with Gasteiger partial charge in [0.1, 0.15) is 5.82 Å². The molecule has 12 heteroatoms. The largest absolute Gasteiger partial charge is 0.349 e. The minimum absolute atomic E-state index is 0.0950. The first-order chi connectivity index (χ1) is 21.5. The van der Waals surface area contributed by atoms with Crippen LogP contribution in [0.3, 0.4) is 0 Å². The molecule has 12 nitrogen and oxygen atoms in total. The molecule has 1 aromatic rings. The van der Waals surface area contributed by atoms with Crippen molar-refractivity contribution in [2.75, 3.05) is 69.6 Å². The van der Waals surface area contributed by atoms with Crippen LogP contribution in [-0.2, 0) is 9.59 Å². The lowest BCUT2D eigenvalue weighted by Gasteiger charge is -2.47. The molecule has 3 N–H and O–H groups in total. The number of anilines is 2. The Morgan fingerprint density at radius 1 is 0.723 bits per heavy atom. The van der Waals surface area contributed by atoms with Crippen molar-refractivity contribution in [2.45, 2.75) is 136 Å². The fourth-order valence-corrected chi connectivity index (χ4v) is 7.12. The van der Waals surface area contributed by atoms with Crippen LogP contribution >= 0.6 is 0 Å². The van der Waals surface area contributed by atoms with Gasteiger partial charge in [0.05, 0.1) is 11.1 Å². The van der Waals surface area contributed by atoms with Gasteiger partial charge in [-0.15, -0.1) is 0 Å². The van der Waals surface area contributed by atoms with Gasteiger partial charge in [0.25, 0.3) is 0 Å². The van der Waals surface area contributed by atoms with Crippen molar-refractivity contribution >= 4 is 23.7 Å². The highest BCUT2D eigenvalue weighted by molar-refractivity contribution is 5.87. The van der Waals surface area contributed by atoms with E-state index in [-0.39, 0.29) is 28.4 Å². The van der Waals surface area contributed by atoms with Gasteiger partial charge in [0.2, 0.25) is 23.7 Å². The van der Waals surface area contributed by atoms with E-state index in [2.05, 4.69) is 86.2 Å². The Morgan fingerprint density at radius 2 is 1.21 bits per heavy atom. The maximum atomic E-state index is 13.3. The van der Waals surface area contributed by atoms with Crippen molar-refractivity contribution in [3.63, 3.8) is 0 Å². The van der Waals surface area contributed by atoms with E-state index in [1.807, 2.05) is 44.4 Å². The highest BCUT2D eigenvalue weighted by Gasteiger charge is 2.44. The molecule has 2 aliphatic heterocycles. The van der Waals surface area contributed by atoms with Gasteiger partial charge in [-0.1, -0.05) is 12.8 Å². The van der Waals surface area contributed by atoms with Crippen LogP contribution in [-0.4, -0.2) is 129 Å². The molecule has 0 radical (unpaired) electrons. The molecule has 1 aromatic heterocycles. The van der Waals surface area contributed by atoms with Gasteiger partial charge < -0.3 is 24.9 Å². The first-order valence-corrected chi connectivity index (χ1v) is 17.6. The third-order valence-corrected chi connectivity index (χ3v) is 8.73. The van der Waals surface area contributed by atoms with Gasteiger partial charge in [0.15, 0.2) is 0 Å². The second-order valence-electron chi connectivity index (χ2n) is 17.3. The first-order valence-electron chi connectivity index (χ1n) is 17.6. The molecule has 3 heterocycles. The van der Waals surface area contributed by atoms with Crippen LogP contribution in [0, 0.1) is 6.92 Å². The minimum atomic E-state index is -0.610. The van der Waals surface area contributed by atoms with Gasteiger partial charge in [-0.3, -0.25) is 20.2 Å². The van der Waals surface area contributed by atoms with Gasteiger partial charge in [-0.2, -0.15) is 15.0 Å². The van der Waals surface area contributed by atoms with Crippen molar-refractivity contribution in [2.24, 2.45) is 0 Å². The molecule has 3 rings (SSSR count). The van der Waals surface area contributed by atoms with Crippen LogP contribution in [0.4, 0.5) is 11.9 Å². The Hall–Kier alpha value is -2.57. The fraction of sp³-hybridized carbons (Fsp3) is 0.857. The average molecular weight is 659 g/mol. The van der Waals surface area contributed by atoms with Crippen LogP contribution in [0.2, 0.25) is 0 Å². The summed E-state index contributed by atoms with van der Waals surface area (Å²) in [6, 6.07) is 0. The predicted octanol–water partition coefficient (Wildman–Crippen LogP) is 3.67. The number of nitrogens with zero attached hydrogens (tertiary/aromatic N) is 7. The highest BCUT2D eigenvalue weighted by atomic mass is 16.2. The number of likely N-dealkylation sites (N-methyl/N-ethyl adjacent to an activating group) is 1. The van der Waals surface area contributed by atoms with Crippen molar-refractivity contribution in [1.29, 1.82) is 0 Å². The maximum absolute atomic E-state index is 13.3. The molecule has 0 bridgehead atoms. The normalized spacial score (nSPS) is 20.6. The SMILES string of the molecule is Cc1nc(NC(C)(C)C)nc(N(CCCCCCN(C)CCN2CC(C)(C)NC(C)(C)C2=O)CCN2CC(C)(C)NC(C)(C)C2=O)n1. The quantitative estimate of drug-likeness (QED) is 0.241. The Morgan fingerprint density at radius 3 is 1.72 bits per heavy atom. The molecule has 0 unspecified atom stereocenters. The third-order valence-electron chi connectivity index (χ3n) is 8.73. The molecule has 2 saturated heterocycles. The van der Waals surface area contributed by atoms with E-state index in [0.717, 1.165) is 58.4 Å². The number of carbonyl (C=O) groups excluding carboxylic acids is 2. The summed E-state index contributed by atoms with van der Waals surface area (Å²) in [6.07, 6.45) is 4.32. The maximum Gasteiger partial charge on any atom is 0.242 e. The number of hydrogen-bond acceptors (Lipinski definition) is 10. The third kappa shape index (κ3) is 11.8. The zero-order valence-electron chi connectivity index (χ0n) is 31.9. The predicted molar refractivity (Wildman–Crippen MR) is 192 cm³/mol. The summed E-state index contributed by atoms with van der Waals surface area (Å²) in [5.74, 6) is 2.20. The molecule has 0 saturated carbocycles. The van der Waals surface area contributed by atoms with E-state index in [4.69, 9.17) is 9.97 Å². The van der Waals surface area contributed by atoms with Crippen molar-refractivity contribution in [3.8, 4) is 0 Å². The minimum Gasteiger partial charge on any atom is -0.349 e. The number of unbranched alkanes of at least 4 members (excludes halogenated alkanes) is 3. The zero-order valence-corrected chi connectivity index (χ0v) is 31.9. The summed E-state index contributed by atoms with van der Waals surface area (Å²) < 4.78 is 0. The van der Waals surface area contributed by atoms with Crippen molar-refractivity contribution < 1.29 is 9.59 Å². The summed E-state index contributed by atoms with van der Waals surface area (Å²) >= 11 is 0. The average Bonchev–Trinajstić information content (AvgIpc) is 2.89. The number of amides is 2. The standard InChI is InChI=1S/C35H66N10O2/c1-26-36-29(39-31(2,3)4)38-30(37-26)43(22-23-45-25-33(7,8)41-35(11,12)28(45)47)19-17-15-14-16-18-42(13)20-21-44-24-32(5,6)40-34(9,10)27(44)46/h40-41H,14-25H2,1-13H3,(H,36,37,38,39). The van der Waals surface area contributed by atoms with Crippen LogP contribution in [0.25, 0.3) is 0 Å². The summed E-state index contributed by atoms with van der Waals surface area (Å²) in [6.45, 7) is 30.7. The lowest BCUT2D eigenvalue weighted by Crippen LogP contribution is -2.70. The van der Waals surface area contributed by atoms with Crippen molar-refractivity contribution in [3.05, 3.63) is 5.82 Å². The summed E-state index contributed by atoms with van der Waals surface area (Å²) in [5.41, 5.74) is -1.59. The summed E-state index contributed by atoms with van der Waals surface area (Å²) in [7, 11) is 2.15. The van der Waals surface area contributed by atoms with Gasteiger partial charge in [-0.25, -0.2) is 0 Å². The van der Waals surface area contributed by atoms with Crippen LogP contribution < -0.4 is 20.9 Å². The Bertz CT molecular complexity index is 1220. The number of aryl methyl sites for hydroxylation is 1. The van der Waals surface area contributed by atoms with E-state index in [1.54, 1.807) is 0 Å². The molecular weight excluding hydrogens is 592 g/mol. The Labute approximate surface area is 285 Å². The lowest BCUT2D eigenvalue weighted by atomic mass is 9.90. The smallest absolute Gasteiger partial charge is 0.242 e. The Balaban J connectivity index is 1.55. The van der Waals surface area contributed by atoms with E-state index >= 15 is 0 Å². The number of hydrogen-bond donors (Lipinski definition) is 3. The molecule has 268 valence electrons. The number of rotatable bonds is 15. The molecule has 0 atom stereocenters. The second kappa shape index (κ2) is 14.9.